The molecule has 0 aliphatic carbocycles. The summed E-state index contributed by atoms with van der Waals surface area (Å²) in [5, 5.41) is 0. The number of imide groups is 1. The number of rotatable bonds is 5. The number of fused-ring (bicyclic) bond motifs is 1. The topological polar surface area (TPSA) is 78.0 Å². The van der Waals surface area contributed by atoms with Gasteiger partial charge < -0.3 is 9.80 Å². The quantitative estimate of drug-likeness (QED) is 0.726. The van der Waals surface area contributed by atoms with Gasteiger partial charge >= 0.3 is 0 Å². The molecule has 1 aromatic rings. The molecule has 1 aromatic carbocycles. The van der Waals surface area contributed by atoms with E-state index in [0.29, 0.717) is 50.1 Å². The Morgan fingerprint density at radius 2 is 1.54 bits per heavy atom. The van der Waals surface area contributed by atoms with Crippen LogP contribution in [0.2, 0.25) is 0 Å². The molecule has 0 spiro atoms. The minimum absolute atomic E-state index is 0.129. The highest BCUT2D eigenvalue weighted by Crippen LogP contribution is 2.25. The van der Waals surface area contributed by atoms with Crippen molar-refractivity contribution in [3.05, 3.63) is 35.4 Å². The molecule has 0 aromatic heterocycles. The van der Waals surface area contributed by atoms with Gasteiger partial charge in [-0.3, -0.25) is 24.1 Å². The monoisotopic (exact) mass is 385 g/mol. The summed E-state index contributed by atoms with van der Waals surface area (Å²) >= 11 is 0. The van der Waals surface area contributed by atoms with Gasteiger partial charge in [-0.1, -0.05) is 25.5 Å². The van der Waals surface area contributed by atoms with Gasteiger partial charge in [0.1, 0.15) is 6.04 Å². The Morgan fingerprint density at radius 1 is 0.964 bits per heavy atom. The number of hydrogen-bond donors (Lipinski definition) is 0. The van der Waals surface area contributed by atoms with Crippen molar-refractivity contribution in [2.75, 3.05) is 26.2 Å². The molecule has 2 aliphatic rings. The van der Waals surface area contributed by atoms with Gasteiger partial charge in [0, 0.05) is 32.6 Å². The molecular weight excluding hydrogens is 358 g/mol. The normalized spacial score (nSPS) is 18.1. The second-order valence-corrected chi connectivity index (χ2v) is 7.37. The van der Waals surface area contributed by atoms with Gasteiger partial charge in [0.25, 0.3) is 11.8 Å². The zero-order valence-electron chi connectivity index (χ0n) is 16.5. The first kappa shape index (κ1) is 20.0. The first-order valence-corrected chi connectivity index (χ1v) is 9.99. The van der Waals surface area contributed by atoms with E-state index in [0.717, 1.165) is 17.7 Å². The number of unbranched alkanes of at least 4 members (excludes halogenated alkanes) is 1. The number of nitrogens with zero attached hydrogens (tertiary/aromatic N) is 3. The van der Waals surface area contributed by atoms with Crippen molar-refractivity contribution in [3.8, 4) is 0 Å². The van der Waals surface area contributed by atoms with Crippen LogP contribution >= 0.6 is 0 Å². The van der Waals surface area contributed by atoms with Crippen LogP contribution in [0.3, 0.4) is 0 Å². The zero-order valence-corrected chi connectivity index (χ0v) is 16.5. The lowest BCUT2D eigenvalue weighted by Gasteiger charge is -2.28. The maximum Gasteiger partial charge on any atom is 0.262 e. The van der Waals surface area contributed by atoms with E-state index < -0.39 is 17.9 Å². The van der Waals surface area contributed by atoms with Gasteiger partial charge in [-0.05, 0) is 31.9 Å². The van der Waals surface area contributed by atoms with Crippen LogP contribution in [-0.2, 0) is 9.59 Å². The average Bonchev–Trinajstić information content (AvgIpc) is 2.86. The molecule has 1 unspecified atom stereocenters. The van der Waals surface area contributed by atoms with Gasteiger partial charge in [-0.2, -0.15) is 0 Å². The Hall–Kier alpha value is -2.70. The summed E-state index contributed by atoms with van der Waals surface area (Å²) in [4.78, 5) is 55.1. The standard InChI is InChI=1S/C21H27N3O4/c1-3-4-10-18(25)22-11-7-12-23(14-13-22)19(26)15(2)24-20(27)16-8-5-6-9-17(16)21(24)28/h5-6,8-9,15H,3-4,7,10-14H2,1-2H3. The number of hydrogen-bond acceptors (Lipinski definition) is 4. The van der Waals surface area contributed by atoms with Gasteiger partial charge in [-0.25, -0.2) is 0 Å². The van der Waals surface area contributed by atoms with E-state index in [1.54, 1.807) is 36.1 Å². The lowest BCUT2D eigenvalue weighted by atomic mass is 10.1. The number of benzene rings is 1. The molecule has 7 nitrogen and oxygen atoms in total. The van der Waals surface area contributed by atoms with Crippen LogP contribution in [0.15, 0.2) is 24.3 Å². The minimum Gasteiger partial charge on any atom is -0.341 e. The molecule has 7 heteroatoms. The predicted molar refractivity (Wildman–Crippen MR) is 104 cm³/mol. The van der Waals surface area contributed by atoms with Crippen LogP contribution in [-0.4, -0.2) is 70.5 Å². The fraction of sp³-hybridized carbons (Fsp3) is 0.524. The maximum absolute atomic E-state index is 13.0. The highest BCUT2D eigenvalue weighted by atomic mass is 16.2. The third kappa shape index (κ3) is 3.79. The molecule has 2 aliphatic heterocycles. The predicted octanol–water partition coefficient (Wildman–Crippen LogP) is 1.92. The van der Waals surface area contributed by atoms with Gasteiger partial charge in [0.05, 0.1) is 11.1 Å². The first-order chi connectivity index (χ1) is 13.5. The average molecular weight is 385 g/mol. The summed E-state index contributed by atoms with van der Waals surface area (Å²) < 4.78 is 0. The first-order valence-electron chi connectivity index (χ1n) is 9.99. The fourth-order valence-electron chi connectivity index (χ4n) is 3.81. The second-order valence-electron chi connectivity index (χ2n) is 7.37. The SMILES string of the molecule is CCCCC(=O)N1CCCN(C(=O)C(C)N2C(=O)c3ccccc3C2=O)CC1. The summed E-state index contributed by atoms with van der Waals surface area (Å²) in [7, 11) is 0. The van der Waals surface area contributed by atoms with Crippen LogP contribution < -0.4 is 0 Å². The molecule has 0 N–H and O–H groups in total. The molecule has 28 heavy (non-hydrogen) atoms. The second kappa shape index (κ2) is 8.54. The molecule has 0 radical (unpaired) electrons. The molecule has 4 amide bonds. The highest BCUT2D eigenvalue weighted by molar-refractivity contribution is 6.22. The fourth-order valence-corrected chi connectivity index (χ4v) is 3.81. The molecule has 150 valence electrons. The van der Waals surface area contributed by atoms with E-state index >= 15 is 0 Å². The third-order valence-corrected chi connectivity index (χ3v) is 5.47. The van der Waals surface area contributed by atoms with Crippen molar-refractivity contribution in [3.63, 3.8) is 0 Å². The van der Waals surface area contributed by atoms with Gasteiger partial charge in [0.2, 0.25) is 11.8 Å². The van der Waals surface area contributed by atoms with Crippen LogP contribution in [0.25, 0.3) is 0 Å². The smallest absolute Gasteiger partial charge is 0.262 e. The van der Waals surface area contributed by atoms with E-state index in [2.05, 4.69) is 6.92 Å². The minimum atomic E-state index is -0.866. The maximum atomic E-state index is 13.0. The van der Waals surface area contributed by atoms with Gasteiger partial charge in [-0.15, -0.1) is 0 Å². The summed E-state index contributed by atoms with van der Waals surface area (Å²) in [6.07, 6.45) is 3.07. The summed E-state index contributed by atoms with van der Waals surface area (Å²) in [5.41, 5.74) is 0.687. The van der Waals surface area contributed by atoms with Crippen molar-refractivity contribution < 1.29 is 19.2 Å². The van der Waals surface area contributed by atoms with Crippen molar-refractivity contribution in [2.24, 2.45) is 0 Å². The Morgan fingerprint density at radius 3 is 2.14 bits per heavy atom. The highest BCUT2D eigenvalue weighted by Gasteiger charge is 2.41. The zero-order chi connectivity index (χ0) is 20.3. The lowest BCUT2D eigenvalue weighted by molar-refractivity contribution is -0.136. The molecule has 1 atom stereocenters. The summed E-state index contributed by atoms with van der Waals surface area (Å²) in [6, 6.07) is 5.77. The molecule has 0 saturated carbocycles. The number of carbonyl (C=O) groups excluding carboxylic acids is 4. The Bertz CT molecular complexity index is 757. The Balaban J connectivity index is 1.65. The molecule has 1 saturated heterocycles. The van der Waals surface area contributed by atoms with Crippen molar-refractivity contribution in [2.45, 2.75) is 45.6 Å². The van der Waals surface area contributed by atoms with Crippen LogP contribution in [0.5, 0.6) is 0 Å². The molecule has 2 heterocycles. The summed E-state index contributed by atoms with van der Waals surface area (Å²) in [6.45, 7) is 5.71. The van der Waals surface area contributed by atoms with Crippen LogP contribution in [0.1, 0.15) is 60.2 Å². The van der Waals surface area contributed by atoms with Crippen molar-refractivity contribution >= 4 is 23.6 Å². The van der Waals surface area contributed by atoms with Crippen molar-refractivity contribution in [1.82, 2.24) is 14.7 Å². The number of amides is 4. The van der Waals surface area contributed by atoms with E-state index in [4.69, 9.17) is 0 Å². The molecule has 1 fully saturated rings. The Kier molecular flexibility index (Phi) is 6.11. The molecule has 3 rings (SSSR count). The van der Waals surface area contributed by atoms with Crippen molar-refractivity contribution in [1.29, 1.82) is 0 Å². The van der Waals surface area contributed by atoms with Crippen LogP contribution in [0.4, 0.5) is 0 Å². The van der Waals surface area contributed by atoms with Gasteiger partial charge in [0.15, 0.2) is 0 Å². The van der Waals surface area contributed by atoms with E-state index in [1.165, 1.54) is 0 Å². The Labute approximate surface area is 165 Å². The van der Waals surface area contributed by atoms with E-state index in [-0.39, 0.29) is 11.8 Å². The van der Waals surface area contributed by atoms with Crippen LogP contribution in [0, 0.1) is 0 Å². The largest absolute Gasteiger partial charge is 0.341 e. The van der Waals surface area contributed by atoms with E-state index in [1.807, 2.05) is 4.90 Å². The molecule has 0 bridgehead atoms. The summed E-state index contributed by atoms with van der Waals surface area (Å²) in [5.74, 6) is -0.970. The molecular formula is C21H27N3O4. The third-order valence-electron chi connectivity index (χ3n) is 5.47. The number of carbonyl (C=O) groups is 4. The van der Waals surface area contributed by atoms with E-state index in [9.17, 15) is 19.2 Å². The lowest BCUT2D eigenvalue weighted by Crippen LogP contribution is -2.50.